The Labute approximate surface area is 86.9 Å². The molecule has 0 aromatic heterocycles. The Kier molecular flexibility index (Phi) is 3.87. The Morgan fingerprint density at radius 3 is 2.57 bits per heavy atom. The van der Waals surface area contributed by atoms with Crippen molar-refractivity contribution in [1.29, 1.82) is 0 Å². The predicted octanol–water partition coefficient (Wildman–Crippen LogP) is 3.24. The van der Waals surface area contributed by atoms with E-state index < -0.39 is 0 Å². The van der Waals surface area contributed by atoms with E-state index >= 15 is 0 Å². The van der Waals surface area contributed by atoms with Crippen LogP contribution in [0.4, 0.5) is 0 Å². The summed E-state index contributed by atoms with van der Waals surface area (Å²) >= 11 is 0. The second-order valence-electron chi connectivity index (χ2n) is 4.18. The Hall–Kier alpha value is -1.11. The molecule has 0 amide bonds. The molecule has 14 heavy (non-hydrogen) atoms. The molecule has 0 heterocycles. The van der Waals surface area contributed by atoms with Crippen molar-refractivity contribution in [2.24, 2.45) is 10.9 Å². The first-order valence-electron chi connectivity index (χ1n) is 5.15. The summed E-state index contributed by atoms with van der Waals surface area (Å²) in [4.78, 5) is 4.03. The summed E-state index contributed by atoms with van der Waals surface area (Å²) in [5.74, 6) is 0.722. The van der Waals surface area contributed by atoms with Crippen LogP contribution in [0.25, 0.3) is 0 Å². The third-order valence-corrected chi connectivity index (χ3v) is 2.25. The number of hydrogen-bond donors (Lipinski definition) is 0. The highest BCUT2D eigenvalue weighted by atomic mass is 14.6. The van der Waals surface area contributed by atoms with Gasteiger partial charge >= 0.3 is 0 Å². The zero-order valence-corrected chi connectivity index (χ0v) is 9.54. The number of aryl methyl sites for hydroxylation is 1. The smallest absolute Gasteiger partial charge is 0.0284 e. The molecule has 0 aliphatic heterocycles. The summed E-state index contributed by atoms with van der Waals surface area (Å²) in [6, 6.07) is 6.61. The molecule has 1 nitrogen and oxygen atoms in total. The fourth-order valence-electron chi connectivity index (χ4n) is 1.62. The van der Waals surface area contributed by atoms with Crippen molar-refractivity contribution in [1.82, 2.24) is 0 Å². The van der Waals surface area contributed by atoms with Crippen molar-refractivity contribution in [2.45, 2.75) is 27.2 Å². The minimum atomic E-state index is 0.722. The first-order chi connectivity index (χ1) is 6.63. The molecule has 0 fully saturated rings. The maximum absolute atomic E-state index is 4.03. The molecule has 76 valence electrons. The summed E-state index contributed by atoms with van der Waals surface area (Å²) in [5, 5.41) is 0. The van der Waals surface area contributed by atoms with E-state index in [2.05, 4.69) is 44.0 Å². The van der Waals surface area contributed by atoms with Gasteiger partial charge in [-0.3, -0.25) is 4.99 Å². The van der Waals surface area contributed by atoms with Crippen LogP contribution in [0.3, 0.4) is 0 Å². The van der Waals surface area contributed by atoms with Crippen LogP contribution >= 0.6 is 0 Å². The van der Waals surface area contributed by atoms with Gasteiger partial charge in [0, 0.05) is 13.3 Å². The van der Waals surface area contributed by atoms with Gasteiger partial charge in [-0.05, 0) is 36.0 Å². The van der Waals surface area contributed by atoms with Crippen LogP contribution in [0.2, 0.25) is 0 Å². The average molecular weight is 189 g/mol. The van der Waals surface area contributed by atoms with E-state index in [1.54, 1.807) is 0 Å². The van der Waals surface area contributed by atoms with Crippen molar-refractivity contribution in [2.75, 3.05) is 7.05 Å². The van der Waals surface area contributed by atoms with Gasteiger partial charge in [0.15, 0.2) is 0 Å². The molecule has 0 radical (unpaired) electrons. The quantitative estimate of drug-likeness (QED) is 0.647. The van der Waals surface area contributed by atoms with Crippen LogP contribution < -0.4 is 0 Å². The Balaban J connectivity index is 2.88. The highest BCUT2D eigenvalue weighted by molar-refractivity contribution is 5.81. The molecule has 0 saturated heterocycles. The molecule has 0 N–H and O–H groups in total. The van der Waals surface area contributed by atoms with Crippen LogP contribution in [-0.4, -0.2) is 13.3 Å². The summed E-state index contributed by atoms with van der Waals surface area (Å²) in [7, 11) is 1.81. The third kappa shape index (κ3) is 2.99. The highest BCUT2D eigenvalue weighted by Crippen LogP contribution is 2.13. The third-order valence-electron chi connectivity index (χ3n) is 2.25. The maximum Gasteiger partial charge on any atom is 0.0284 e. The van der Waals surface area contributed by atoms with Gasteiger partial charge in [-0.2, -0.15) is 0 Å². The second-order valence-corrected chi connectivity index (χ2v) is 4.18. The lowest BCUT2D eigenvalue weighted by atomic mass is 9.99. The minimum Gasteiger partial charge on any atom is -0.296 e. The summed E-state index contributed by atoms with van der Waals surface area (Å²) < 4.78 is 0. The molecule has 0 saturated carbocycles. The van der Waals surface area contributed by atoms with Gasteiger partial charge in [-0.1, -0.05) is 32.0 Å². The largest absolute Gasteiger partial charge is 0.296 e. The standard InChI is InChI=1S/C13H19N/c1-10(2)7-12-5-6-13(9-14-4)11(3)8-12/h5-6,8-10H,7H2,1-4H3/b14-9-. The second kappa shape index (κ2) is 4.94. The molecule has 1 aromatic rings. The van der Waals surface area contributed by atoms with Crippen molar-refractivity contribution in [3.63, 3.8) is 0 Å². The summed E-state index contributed by atoms with van der Waals surface area (Å²) in [6.45, 7) is 6.63. The van der Waals surface area contributed by atoms with Crippen LogP contribution in [0.1, 0.15) is 30.5 Å². The lowest BCUT2D eigenvalue weighted by Crippen LogP contribution is -1.96. The zero-order valence-electron chi connectivity index (χ0n) is 9.54. The Morgan fingerprint density at radius 2 is 2.07 bits per heavy atom. The molecule has 1 rings (SSSR count). The summed E-state index contributed by atoms with van der Waals surface area (Å²) in [5.41, 5.74) is 3.96. The number of rotatable bonds is 3. The van der Waals surface area contributed by atoms with Crippen molar-refractivity contribution in [3.05, 3.63) is 34.9 Å². The normalized spacial score (nSPS) is 11.5. The summed E-state index contributed by atoms with van der Waals surface area (Å²) in [6.07, 6.45) is 3.07. The maximum atomic E-state index is 4.03. The first kappa shape index (κ1) is 11.0. The Morgan fingerprint density at radius 1 is 1.36 bits per heavy atom. The molecular weight excluding hydrogens is 170 g/mol. The van der Waals surface area contributed by atoms with E-state index in [1.807, 2.05) is 13.3 Å². The van der Waals surface area contributed by atoms with E-state index in [4.69, 9.17) is 0 Å². The molecule has 0 aliphatic carbocycles. The van der Waals surface area contributed by atoms with Gasteiger partial charge in [0.25, 0.3) is 0 Å². The molecule has 1 aromatic carbocycles. The fourth-order valence-corrected chi connectivity index (χ4v) is 1.62. The van der Waals surface area contributed by atoms with Crippen molar-refractivity contribution in [3.8, 4) is 0 Å². The molecular formula is C13H19N. The van der Waals surface area contributed by atoms with Gasteiger partial charge in [-0.15, -0.1) is 0 Å². The van der Waals surface area contributed by atoms with E-state index in [1.165, 1.54) is 16.7 Å². The minimum absolute atomic E-state index is 0.722. The number of aliphatic imine (C=N–C) groups is 1. The molecule has 0 unspecified atom stereocenters. The zero-order chi connectivity index (χ0) is 10.6. The van der Waals surface area contributed by atoms with E-state index in [9.17, 15) is 0 Å². The molecule has 0 aliphatic rings. The van der Waals surface area contributed by atoms with Crippen LogP contribution in [0, 0.1) is 12.8 Å². The predicted molar refractivity (Wildman–Crippen MR) is 63.2 cm³/mol. The molecule has 1 heteroatoms. The SMILES string of the molecule is C/N=C\c1ccc(CC(C)C)cc1C. The van der Waals surface area contributed by atoms with Crippen molar-refractivity contribution < 1.29 is 0 Å². The van der Waals surface area contributed by atoms with Crippen LogP contribution in [-0.2, 0) is 6.42 Å². The Bertz CT molecular complexity index is 324. The molecule has 0 bridgehead atoms. The van der Waals surface area contributed by atoms with E-state index in [0.29, 0.717) is 0 Å². The monoisotopic (exact) mass is 189 g/mol. The van der Waals surface area contributed by atoms with Gasteiger partial charge in [-0.25, -0.2) is 0 Å². The van der Waals surface area contributed by atoms with Gasteiger partial charge < -0.3 is 0 Å². The average Bonchev–Trinajstić information content (AvgIpc) is 2.09. The lowest BCUT2D eigenvalue weighted by molar-refractivity contribution is 0.647. The lowest BCUT2D eigenvalue weighted by Gasteiger charge is -2.07. The fraction of sp³-hybridized carbons (Fsp3) is 0.462. The highest BCUT2D eigenvalue weighted by Gasteiger charge is 2.00. The topological polar surface area (TPSA) is 12.4 Å². The van der Waals surface area contributed by atoms with Gasteiger partial charge in [0.2, 0.25) is 0 Å². The first-order valence-corrected chi connectivity index (χ1v) is 5.15. The number of nitrogens with zero attached hydrogens (tertiary/aromatic N) is 1. The van der Waals surface area contributed by atoms with E-state index in [0.717, 1.165) is 12.3 Å². The van der Waals surface area contributed by atoms with Crippen molar-refractivity contribution >= 4 is 6.21 Å². The van der Waals surface area contributed by atoms with E-state index in [-0.39, 0.29) is 0 Å². The number of hydrogen-bond acceptors (Lipinski definition) is 1. The van der Waals surface area contributed by atoms with Gasteiger partial charge in [0.1, 0.15) is 0 Å². The molecule has 0 atom stereocenters. The van der Waals surface area contributed by atoms with Crippen LogP contribution in [0.5, 0.6) is 0 Å². The van der Waals surface area contributed by atoms with Gasteiger partial charge in [0.05, 0.1) is 0 Å². The van der Waals surface area contributed by atoms with Crippen LogP contribution in [0.15, 0.2) is 23.2 Å². The molecule has 0 spiro atoms. The number of benzene rings is 1.